The standard InChI is InChI=1S/C13H26N2O/c1-11-9-13(3-6-15(11)2)14-10-12-4-7-16-8-5-12/h11-14H,3-10H2,1-2H3. The number of ether oxygens (including phenoxy) is 1. The lowest BCUT2D eigenvalue weighted by atomic mass is 9.96. The molecule has 0 spiro atoms. The molecule has 1 N–H and O–H groups in total. The third-order valence-electron chi connectivity index (χ3n) is 4.24. The van der Waals surface area contributed by atoms with Gasteiger partial charge in [0.05, 0.1) is 0 Å². The van der Waals surface area contributed by atoms with E-state index in [0.29, 0.717) is 0 Å². The van der Waals surface area contributed by atoms with Crippen molar-refractivity contribution in [2.45, 2.75) is 44.7 Å². The van der Waals surface area contributed by atoms with Crippen LogP contribution in [0.3, 0.4) is 0 Å². The van der Waals surface area contributed by atoms with Gasteiger partial charge < -0.3 is 15.0 Å². The Balaban J connectivity index is 1.65. The fourth-order valence-corrected chi connectivity index (χ4v) is 2.76. The number of nitrogens with zero attached hydrogens (tertiary/aromatic N) is 1. The zero-order valence-corrected chi connectivity index (χ0v) is 10.7. The first kappa shape index (κ1) is 12.3. The van der Waals surface area contributed by atoms with Gasteiger partial charge in [0.2, 0.25) is 0 Å². The van der Waals surface area contributed by atoms with Gasteiger partial charge in [-0.1, -0.05) is 0 Å². The molecule has 0 amide bonds. The highest BCUT2D eigenvalue weighted by atomic mass is 16.5. The zero-order valence-electron chi connectivity index (χ0n) is 10.7. The largest absolute Gasteiger partial charge is 0.381 e. The molecule has 0 aromatic carbocycles. The molecule has 2 heterocycles. The van der Waals surface area contributed by atoms with Gasteiger partial charge in [0.25, 0.3) is 0 Å². The van der Waals surface area contributed by atoms with Gasteiger partial charge in [-0.3, -0.25) is 0 Å². The molecule has 2 saturated heterocycles. The Morgan fingerprint density at radius 1 is 1.25 bits per heavy atom. The number of nitrogens with one attached hydrogen (secondary N) is 1. The maximum absolute atomic E-state index is 5.39. The Bertz CT molecular complexity index is 204. The van der Waals surface area contributed by atoms with Crippen molar-refractivity contribution in [2.24, 2.45) is 5.92 Å². The molecule has 0 bridgehead atoms. The second kappa shape index (κ2) is 5.99. The molecular formula is C13H26N2O. The summed E-state index contributed by atoms with van der Waals surface area (Å²) in [5.74, 6) is 0.851. The van der Waals surface area contributed by atoms with Crippen molar-refractivity contribution in [2.75, 3.05) is 33.4 Å². The average Bonchev–Trinajstić information content (AvgIpc) is 2.32. The van der Waals surface area contributed by atoms with Crippen molar-refractivity contribution in [3.63, 3.8) is 0 Å². The Morgan fingerprint density at radius 3 is 2.69 bits per heavy atom. The summed E-state index contributed by atoms with van der Waals surface area (Å²) in [6, 6.07) is 1.48. The third-order valence-corrected chi connectivity index (χ3v) is 4.24. The first-order valence-electron chi connectivity index (χ1n) is 6.77. The van der Waals surface area contributed by atoms with Crippen LogP contribution in [0.15, 0.2) is 0 Å². The van der Waals surface area contributed by atoms with Crippen molar-refractivity contribution in [1.29, 1.82) is 0 Å². The Labute approximate surface area is 99.5 Å². The third kappa shape index (κ3) is 3.44. The highest BCUT2D eigenvalue weighted by molar-refractivity contribution is 4.82. The molecule has 0 aromatic rings. The van der Waals surface area contributed by atoms with Crippen molar-refractivity contribution >= 4 is 0 Å². The summed E-state index contributed by atoms with van der Waals surface area (Å²) in [5, 5.41) is 3.76. The van der Waals surface area contributed by atoms with E-state index in [1.54, 1.807) is 0 Å². The second-order valence-corrected chi connectivity index (χ2v) is 5.51. The molecule has 0 aromatic heterocycles. The minimum Gasteiger partial charge on any atom is -0.381 e. The van der Waals surface area contributed by atoms with E-state index in [1.165, 1.54) is 38.8 Å². The average molecular weight is 226 g/mol. The fraction of sp³-hybridized carbons (Fsp3) is 1.00. The predicted molar refractivity (Wildman–Crippen MR) is 66.7 cm³/mol. The summed E-state index contributed by atoms with van der Waals surface area (Å²) in [5.41, 5.74) is 0. The summed E-state index contributed by atoms with van der Waals surface area (Å²) in [7, 11) is 2.24. The van der Waals surface area contributed by atoms with Crippen molar-refractivity contribution < 1.29 is 4.74 Å². The van der Waals surface area contributed by atoms with Crippen molar-refractivity contribution in [3.05, 3.63) is 0 Å². The second-order valence-electron chi connectivity index (χ2n) is 5.51. The molecule has 3 heteroatoms. The topological polar surface area (TPSA) is 24.5 Å². The molecule has 94 valence electrons. The van der Waals surface area contributed by atoms with Gasteiger partial charge in [0, 0.05) is 25.3 Å². The Kier molecular flexibility index (Phi) is 4.62. The maximum Gasteiger partial charge on any atom is 0.0469 e. The van der Waals surface area contributed by atoms with E-state index in [4.69, 9.17) is 4.74 Å². The number of hydrogen-bond acceptors (Lipinski definition) is 3. The lowest BCUT2D eigenvalue weighted by molar-refractivity contribution is 0.0637. The zero-order chi connectivity index (χ0) is 11.4. The molecule has 2 atom stereocenters. The summed E-state index contributed by atoms with van der Waals surface area (Å²) >= 11 is 0. The summed E-state index contributed by atoms with van der Waals surface area (Å²) in [6.45, 7) is 6.71. The van der Waals surface area contributed by atoms with Gasteiger partial charge in [-0.25, -0.2) is 0 Å². The van der Waals surface area contributed by atoms with Gasteiger partial charge in [-0.05, 0) is 58.7 Å². The molecule has 0 saturated carbocycles. The summed E-state index contributed by atoms with van der Waals surface area (Å²) < 4.78 is 5.39. The Hall–Kier alpha value is -0.120. The number of hydrogen-bond donors (Lipinski definition) is 1. The van der Waals surface area contributed by atoms with Gasteiger partial charge in [-0.2, -0.15) is 0 Å². The minimum absolute atomic E-state index is 0.737. The summed E-state index contributed by atoms with van der Waals surface area (Å²) in [6.07, 6.45) is 5.11. The monoisotopic (exact) mass is 226 g/mol. The Morgan fingerprint density at radius 2 is 2.00 bits per heavy atom. The van der Waals surface area contributed by atoms with Crippen LogP contribution in [0.5, 0.6) is 0 Å². The first-order chi connectivity index (χ1) is 7.75. The van der Waals surface area contributed by atoms with Crippen LogP contribution in [-0.4, -0.2) is 50.3 Å². The first-order valence-corrected chi connectivity index (χ1v) is 6.77. The van der Waals surface area contributed by atoms with Gasteiger partial charge in [-0.15, -0.1) is 0 Å². The van der Waals surface area contributed by atoms with Crippen LogP contribution in [0.25, 0.3) is 0 Å². The van der Waals surface area contributed by atoms with Crippen LogP contribution in [-0.2, 0) is 4.74 Å². The molecular weight excluding hydrogens is 200 g/mol. The SMILES string of the molecule is CC1CC(NCC2CCOCC2)CCN1C. The lowest BCUT2D eigenvalue weighted by Crippen LogP contribution is -2.46. The number of piperidine rings is 1. The predicted octanol–water partition coefficient (Wildman–Crippen LogP) is 1.49. The molecule has 0 radical (unpaired) electrons. The highest BCUT2D eigenvalue weighted by Gasteiger charge is 2.23. The molecule has 16 heavy (non-hydrogen) atoms. The quantitative estimate of drug-likeness (QED) is 0.789. The van der Waals surface area contributed by atoms with Crippen molar-refractivity contribution in [1.82, 2.24) is 10.2 Å². The van der Waals surface area contributed by atoms with Gasteiger partial charge in [0.15, 0.2) is 0 Å². The van der Waals surface area contributed by atoms with E-state index in [1.807, 2.05) is 0 Å². The normalized spacial score (nSPS) is 34.1. The maximum atomic E-state index is 5.39. The molecule has 0 aliphatic carbocycles. The van der Waals surface area contributed by atoms with E-state index in [0.717, 1.165) is 31.2 Å². The number of rotatable bonds is 3. The van der Waals surface area contributed by atoms with E-state index in [2.05, 4.69) is 24.2 Å². The van der Waals surface area contributed by atoms with Gasteiger partial charge >= 0.3 is 0 Å². The van der Waals surface area contributed by atoms with Crippen LogP contribution < -0.4 is 5.32 Å². The van der Waals surface area contributed by atoms with E-state index in [-0.39, 0.29) is 0 Å². The van der Waals surface area contributed by atoms with Crippen LogP contribution in [0.2, 0.25) is 0 Å². The minimum atomic E-state index is 0.737. The molecule has 2 unspecified atom stereocenters. The molecule has 2 rings (SSSR count). The summed E-state index contributed by atoms with van der Waals surface area (Å²) in [4.78, 5) is 2.46. The number of likely N-dealkylation sites (tertiary alicyclic amines) is 1. The lowest BCUT2D eigenvalue weighted by Gasteiger charge is -2.36. The van der Waals surface area contributed by atoms with E-state index in [9.17, 15) is 0 Å². The van der Waals surface area contributed by atoms with Crippen LogP contribution >= 0.6 is 0 Å². The van der Waals surface area contributed by atoms with E-state index < -0.39 is 0 Å². The van der Waals surface area contributed by atoms with Crippen LogP contribution in [0.1, 0.15) is 32.6 Å². The molecule has 2 aliphatic heterocycles. The van der Waals surface area contributed by atoms with E-state index >= 15 is 0 Å². The van der Waals surface area contributed by atoms with Crippen LogP contribution in [0, 0.1) is 5.92 Å². The molecule has 3 nitrogen and oxygen atoms in total. The molecule has 2 fully saturated rings. The highest BCUT2D eigenvalue weighted by Crippen LogP contribution is 2.17. The smallest absolute Gasteiger partial charge is 0.0469 e. The van der Waals surface area contributed by atoms with Crippen molar-refractivity contribution in [3.8, 4) is 0 Å². The molecule has 2 aliphatic rings. The van der Waals surface area contributed by atoms with Crippen LogP contribution in [0.4, 0.5) is 0 Å². The van der Waals surface area contributed by atoms with Gasteiger partial charge in [0.1, 0.15) is 0 Å². The fourth-order valence-electron chi connectivity index (χ4n) is 2.76.